The summed E-state index contributed by atoms with van der Waals surface area (Å²) in [5.41, 5.74) is 2.55. The Labute approximate surface area is 116 Å². The van der Waals surface area contributed by atoms with Gasteiger partial charge in [-0.15, -0.1) is 0 Å². The molecule has 0 aromatic heterocycles. The SMILES string of the molecule is CCOCOCC.c1ccc(-c2ccccc2)cc1. The Hall–Kier alpha value is -1.64. The van der Waals surface area contributed by atoms with E-state index in [0.29, 0.717) is 6.79 Å². The first-order valence-electron chi connectivity index (χ1n) is 6.64. The number of hydrogen-bond donors (Lipinski definition) is 0. The second-order valence-electron chi connectivity index (χ2n) is 3.84. The van der Waals surface area contributed by atoms with Gasteiger partial charge in [0.15, 0.2) is 0 Å². The molecule has 2 aromatic carbocycles. The van der Waals surface area contributed by atoms with Gasteiger partial charge in [-0.2, -0.15) is 0 Å². The Bertz CT molecular complexity index is 370. The second-order valence-corrected chi connectivity index (χ2v) is 3.84. The maximum Gasteiger partial charge on any atom is 0.146 e. The van der Waals surface area contributed by atoms with E-state index in [4.69, 9.17) is 9.47 Å². The van der Waals surface area contributed by atoms with Crippen molar-refractivity contribution in [3.63, 3.8) is 0 Å². The van der Waals surface area contributed by atoms with Crippen LogP contribution in [0.4, 0.5) is 0 Å². The third kappa shape index (κ3) is 6.75. The van der Waals surface area contributed by atoms with Crippen LogP contribution in [0.2, 0.25) is 0 Å². The largest absolute Gasteiger partial charge is 0.356 e. The van der Waals surface area contributed by atoms with E-state index in [1.54, 1.807) is 0 Å². The molecule has 0 saturated carbocycles. The number of ether oxygens (including phenoxy) is 2. The van der Waals surface area contributed by atoms with Gasteiger partial charge in [0.1, 0.15) is 6.79 Å². The summed E-state index contributed by atoms with van der Waals surface area (Å²) in [6.07, 6.45) is 0. The van der Waals surface area contributed by atoms with Crippen molar-refractivity contribution < 1.29 is 9.47 Å². The van der Waals surface area contributed by atoms with Crippen LogP contribution in [0.5, 0.6) is 0 Å². The lowest BCUT2D eigenvalue weighted by Crippen LogP contribution is -1.97. The molecule has 0 bridgehead atoms. The van der Waals surface area contributed by atoms with Gasteiger partial charge in [0.2, 0.25) is 0 Å². The Morgan fingerprint density at radius 2 is 1.00 bits per heavy atom. The molecular formula is C17H22O2. The fourth-order valence-corrected chi connectivity index (χ4v) is 1.49. The topological polar surface area (TPSA) is 18.5 Å². The van der Waals surface area contributed by atoms with Crippen molar-refractivity contribution in [1.82, 2.24) is 0 Å². The molecule has 2 aromatic rings. The van der Waals surface area contributed by atoms with E-state index in [0.717, 1.165) is 13.2 Å². The molecule has 0 aliphatic rings. The highest BCUT2D eigenvalue weighted by Gasteiger charge is 1.91. The van der Waals surface area contributed by atoms with Crippen molar-refractivity contribution in [2.24, 2.45) is 0 Å². The van der Waals surface area contributed by atoms with Crippen LogP contribution in [0.25, 0.3) is 11.1 Å². The summed E-state index contributed by atoms with van der Waals surface area (Å²) in [5, 5.41) is 0. The minimum absolute atomic E-state index is 0.438. The minimum atomic E-state index is 0.438. The number of rotatable bonds is 5. The summed E-state index contributed by atoms with van der Waals surface area (Å²) in [5.74, 6) is 0. The van der Waals surface area contributed by atoms with Crippen LogP contribution in [0.1, 0.15) is 13.8 Å². The smallest absolute Gasteiger partial charge is 0.146 e. The van der Waals surface area contributed by atoms with Gasteiger partial charge in [0, 0.05) is 13.2 Å². The van der Waals surface area contributed by atoms with E-state index in [-0.39, 0.29) is 0 Å². The van der Waals surface area contributed by atoms with Gasteiger partial charge in [-0.25, -0.2) is 0 Å². The molecular weight excluding hydrogens is 236 g/mol. The molecule has 0 fully saturated rings. The lowest BCUT2D eigenvalue weighted by Gasteiger charge is -1.98. The van der Waals surface area contributed by atoms with E-state index in [9.17, 15) is 0 Å². The molecule has 0 aliphatic carbocycles. The Morgan fingerprint density at radius 1 is 0.632 bits per heavy atom. The van der Waals surface area contributed by atoms with Crippen LogP contribution in [0.15, 0.2) is 60.7 Å². The van der Waals surface area contributed by atoms with Gasteiger partial charge in [-0.1, -0.05) is 60.7 Å². The molecule has 0 radical (unpaired) electrons. The zero-order chi connectivity index (χ0) is 13.8. The monoisotopic (exact) mass is 258 g/mol. The van der Waals surface area contributed by atoms with Gasteiger partial charge < -0.3 is 9.47 Å². The average molecular weight is 258 g/mol. The Kier molecular flexibility index (Phi) is 8.36. The van der Waals surface area contributed by atoms with Gasteiger partial charge >= 0.3 is 0 Å². The molecule has 0 atom stereocenters. The Balaban J connectivity index is 0.000000224. The van der Waals surface area contributed by atoms with Crippen LogP contribution in [-0.2, 0) is 9.47 Å². The molecule has 2 heteroatoms. The minimum Gasteiger partial charge on any atom is -0.356 e. The summed E-state index contributed by atoms with van der Waals surface area (Å²) in [6, 6.07) is 20.8. The second kappa shape index (κ2) is 10.3. The molecule has 0 aliphatic heterocycles. The van der Waals surface area contributed by atoms with E-state index >= 15 is 0 Å². The average Bonchev–Trinajstić information content (AvgIpc) is 2.50. The van der Waals surface area contributed by atoms with E-state index in [2.05, 4.69) is 48.5 Å². The molecule has 2 nitrogen and oxygen atoms in total. The molecule has 0 saturated heterocycles. The molecule has 0 heterocycles. The van der Waals surface area contributed by atoms with Crippen LogP contribution in [0.3, 0.4) is 0 Å². The summed E-state index contributed by atoms with van der Waals surface area (Å²) in [4.78, 5) is 0. The summed E-state index contributed by atoms with van der Waals surface area (Å²) in [7, 11) is 0. The highest BCUT2D eigenvalue weighted by molar-refractivity contribution is 5.62. The lowest BCUT2D eigenvalue weighted by molar-refractivity contribution is -0.0445. The molecule has 0 spiro atoms. The summed E-state index contributed by atoms with van der Waals surface area (Å²) >= 11 is 0. The molecule has 2 rings (SSSR count). The van der Waals surface area contributed by atoms with E-state index in [1.807, 2.05) is 26.0 Å². The van der Waals surface area contributed by atoms with E-state index in [1.165, 1.54) is 11.1 Å². The maximum absolute atomic E-state index is 4.85. The number of benzene rings is 2. The first-order valence-corrected chi connectivity index (χ1v) is 6.64. The fourth-order valence-electron chi connectivity index (χ4n) is 1.49. The van der Waals surface area contributed by atoms with Crippen molar-refractivity contribution in [2.45, 2.75) is 13.8 Å². The maximum atomic E-state index is 4.85. The zero-order valence-corrected chi connectivity index (χ0v) is 11.7. The normalized spacial score (nSPS) is 9.58. The van der Waals surface area contributed by atoms with Gasteiger partial charge in [-0.05, 0) is 25.0 Å². The number of hydrogen-bond acceptors (Lipinski definition) is 2. The zero-order valence-electron chi connectivity index (χ0n) is 11.7. The highest BCUT2D eigenvalue weighted by atomic mass is 16.7. The standard InChI is InChI=1S/C12H10.C5H12O2/c1-3-7-11(8-4-1)12-9-5-2-6-10-12;1-3-6-5-7-4-2/h1-10H;3-5H2,1-2H3. The predicted octanol–water partition coefficient (Wildman–Crippen LogP) is 4.37. The van der Waals surface area contributed by atoms with Crippen LogP contribution in [0, 0.1) is 0 Å². The van der Waals surface area contributed by atoms with Crippen LogP contribution >= 0.6 is 0 Å². The van der Waals surface area contributed by atoms with Crippen LogP contribution < -0.4 is 0 Å². The van der Waals surface area contributed by atoms with Crippen molar-refractivity contribution in [3.05, 3.63) is 60.7 Å². The third-order valence-electron chi connectivity index (χ3n) is 2.46. The first kappa shape index (κ1) is 15.4. The van der Waals surface area contributed by atoms with Crippen molar-refractivity contribution in [2.75, 3.05) is 20.0 Å². The van der Waals surface area contributed by atoms with Crippen LogP contribution in [-0.4, -0.2) is 20.0 Å². The quantitative estimate of drug-likeness (QED) is 0.585. The molecule has 0 unspecified atom stereocenters. The Morgan fingerprint density at radius 3 is 1.32 bits per heavy atom. The van der Waals surface area contributed by atoms with Gasteiger partial charge in [-0.3, -0.25) is 0 Å². The van der Waals surface area contributed by atoms with Crippen molar-refractivity contribution in [3.8, 4) is 11.1 Å². The van der Waals surface area contributed by atoms with Crippen molar-refractivity contribution >= 4 is 0 Å². The van der Waals surface area contributed by atoms with Gasteiger partial charge in [0.25, 0.3) is 0 Å². The van der Waals surface area contributed by atoms with Crippen molar-refractivity contribution in [1.29, 1.82) is 0 Å². The lowest BCUT2D eigenvalue weighted by atomic mass is 10.1. The summed E-state index contributed by atoms with van der Waals surface area (Å²) < 4.78 is 9.70. The molecule has 0 N–H and O–H groups in total. The van der Waals surface area contributed by atoms with E-state index < -0.39 is 0 Å². The molecule has 102 valence electrons. The fraction of sp³-hybridized carbons (Fsp3) is 0.294. The predicted molar refractivity (Wildman–Crippen MR) is 80.0 cm³/mol. The molecule has 19 heavy (non-hydrogen) atoms. The first-order chi connectivity index (χ1) is 9.38. The third-order valence-corrected chi connectivity index (χ3v) is 2.46. The molecule has 0 amide bonds. The van der Waals surface area contributed by atoms with Gasteiger partial charge in [0.05, 0.1) is 0 Å². The highest BCUT2D eigenvalue weighted by Crippen LogP contribution is 2.17. The summed E-state index contributed by atoms with van der Waals surface area (Å²) in [6.45, 7) is 5.80.